The number of hydrogen-bond acceptors (Lipinski definition) is 4. The Kier molecular flexibility index (Phi) is 5.03. The molecule has 1 rings (SSSR count). The van der Waals surface area contributed by atoms with Gasteiger partial charge in [0.25, 0.3) is 0 Å². The van der Waals surface area contributed by atoms with Crippen molar-refractivity contribution in [1.82, 2.24) is 0 Å². The lowest BCUT2D eigenvalue weighted by molar-refractivity contribution is -0.139. The summed E-state index contributed by atoms with van der Waals surface area (Å²) in [4.78, 5) is 32.7. The van der Waals surface area contributed by atoms with Gasteiger partial charge in [0.15, 0.2) is 0 Å². The number of carboxylic acid groups (broad SMARTS) is 1. The Morgan fingerprint density at radius 2 is 1.88 bits per heavy atom. The van der Waals surface area contributed by atoms with Crippen molar-refractivity contribution in [3.05, 3.63) is 12.2 Å². The molecular formula is C12H16O5. The molecule has 0 aromatic heterocycles. The van der Waals surface area contributed by atoms with Crippen molar-refractivity contribution in [2.75, 3.05) is 0 Å². The molecule has 17 heavy (non-hydrogen) atoms. The lowest BCUT2D eigenvalue weighted by Crippen LogP contribution is -2.15. The molecule has 0 saturated heterocycles. The lowest BCUT2D eigenvalue weighted by Gasteiger charge is -2.07. The van der Waals surface area contributed by atoms with Gasteiger partial charge in [-0.2, -0.15) is 0 Å². The van der Waals surface area contributed by atoms with Gasteiger partial charge < -0.3 is 10.2 Å². The summed E-state index contributed by atoms with van der Waals surface area (Å²) in [6.45, 7) is 0. The van der Waals surface area contributed by atoms with Crippen LogP contribution in [0.25, 0.3) is 0 Å². The van der Waals surface area contributed by atoms with Crippen LogP contribution in [0.5, 0.6) is 0 Å². The van der Waals surface area contributed by atoms with Crippen molar-refractivity contribution < 1.29 is 24.6 Å². The predicted molar refractivity (Wildman–Crippen MR) is 59.4 cm³/mol. The quantitative estimate of drug-likeness (QED) is 0.527. The minimum absolute atomic E-state index is 0.0637. The number of aliphatic carboxylic acids is 1. The van der Waals surface area contributed by atoms with Crippen molar-refractivity contribution >= 4 is 17.5 Å². The Bertz CT molecular complexity index is 345. The molecule has 0 aromatic rings. The fraction of sp³-hybridized carbons (Fsp3) is 0.583. The summed E-state index contributed by atoms with van der Waals surface area (Å²) in [5.74, 6) is -2.55. The van der Waals surface area contributed by atoms with Gasteiger partial charge in [0.2, 0.25) is 11.6 Å². The molecule has 1 fully saturated rings. The van der Waals surface area contributed by atoms with Crippen LogP contribution in [0.3, 0.4) is 0 Å². The number of aliphatic hydroxyl groups is 1. The molecule has 0 heterocycles. The topological polar surface area (TPSA) is 91.7 Å². The highest BCUT2D eigenvalue weighted by molar-refractivity contribution is 6.41. The van der Waals surface area contributed by atoms with E-state index in [1.165, 1.54) is 0 Å². The maximum atomic E-state index is 11.3. The number of ketones is 2. The summed E-state index contributed by atoms with van der Waals surface area (Å²) >= 11 is 0. The fourth-order valence-corrected chi connectivity index (χ4v) is 1.84. The highest BCUT2D eigenvalue weighted by Crippen LogP contribution is 2.26. The van der Waals surface area contributed by atoms with E-state index >= 15 is 0 Å². The molecule has 2 N–H and O–H groups in total. The first-order valence-electron chi connectivity index (χ1n) is 5.66. The summed E-state index contributed by atoms with van der Waals surface area (Å²) in [6.07, 6.45) is 4.12. The monoisotopic (exact) mass is 240 g/mol. The van der Waals surface area contributed by atoms with E-state index in [4.69, 9.17) is 5.11 Å². The Balaban J connectivity index is 2.40. The van der Waals surface area contributed by atoms with E-state index in [1.807, 2.05) is 0 Å². The van der Waals surface area contributed by atoms with Crippen molar-refractivity contribution in [3.63, 3.8) is 0 Å². The first-order valence-corrected chi connectivity index (χ1v) is 5.66. The van der Waals surface area contributed by atoms with E-state index in [9.17, 15) is 19.5 Å². The fourth-order valence-electron chi connectivity index (χ4n) is 1.84. The van der Waals surface area contributed by atoms with E-state index in [0.717, 1.165) is 25.3 Å². The van der Waals surface area contributed by atoms with E-state index in [-0.39, 0.29) is 18.8 Å². The molecule has 94 valence electrons. The zero-order chi connectivity index (χ0) is 12.8. The molecule has 0 spiro atoms. The van der Waals surface area contributed by atoms with Crippen LogP contribution < -0.4 is 0 Å². The van der Waals surface area contributed by atoms with E-state index in [2.05, 4.69) is 0 Å². The van der Waals surface area contributed by atoms with Gasteiger partial charge in [-0.25, -0.2) is 0 Å². The summed E-state index contributed by atoms with van der Waals surface area (Å²) in [5, 5.41) is 17.9. The molecule has 5 nitrogen and oxygen atoms in total. The third-order valence-electron chi connectivity index (χ3n) is 2.87. The molecular weight excluding hydrogens is 224 g/mol. The SMILES string of the molecule is O=C(O)CCC(=O)C(=O)/C=C\C1CCCC1O. The summed E-state index contributed by atoms with van der Waals surface area (Å²) in [6, 6.07) is 0. The van der Waals surface area contributed by atoms with Crippen LogP contribution in [0.4, 0.5) is 0 Å². The Labute approximate surface area is 99.1 Å². The van der Waals surface area contributed by atoms with Gasteiger partial charge in [-0.3, -0.25) is 14.4 Å². The normalized spacial score (nSPS) is 24.1. The van der Waals surface area contributed by atoms with E-state index < -0.39 is 23.6 Å². The summed E-state index contributed by atoms with van der Waals surface area (Å²) in [5.41, 5.74) is 0. The molecule has 0 amide bonds. The largest absolute Gasteiger partial charge is 0.481 e. The molecule has 2 atom stereocenters. The first-order chi connectivity index (χ1) is 8.00. The molecule has 0 aliphatic heterocycles. The van der Waals surface area contributed by atoms with Crippen LogP contribution in [0.1, 0.15) is 32.1 Å². The molecule has 2 unspecified atom stereocenters. The second kappa shape index (κ2) is 6.30. The predicted octanol–water partition coefficient (Wildman–Crippen LogP) is 0.707. The Morgan fingerprint density at radius 3 is 2.41 bits per heavy atom. The summed E-state index contributed by atoms with van der Waals surface area (Å²) in [7, 11) is 0. The van der Waals surface area contributed by atoms with Gasteiger partial charge in [0, 0.05) is 12.3 Å². The van der Waals surface area contributed by atoms with Crippen molar-refractivity contribution in [2.24, 2.45) is 5.92 Å². The van der Waals surface area contributed by atoms with Crippen molar-refractivity contribution in [2.45, 2.75) is 38.2 Å². The maximum Gasteiger partial charge on any atom is 0.303 e. The van der Waals surface area contributed by atoms with Crippen LogP contribution >= 0.6 is 0 Å². The number of rotatable bonds is 6. The Morgan fingerprint density at radius 1 is 1.18 bits per heavy atom. The number of carboxylic acids is 1. The first kappa shape index (κ1) is 13.6. The number of allylic oxidation sites excluding steroid dienone is 1. The van der Waals surface area contributed by atoms with E-state index in [1.54, 1.807) is 6.08 Å². The number of carbonyl (C=O) groups excluding carboxylic acids is 2. The number of aliphatic hydroxyl groups excluding tert-OH is 1. The van der Waals surface area contributed by atoms with Gasteiger partial charge in [0.05, 0.1) is 12.5 Å². The molecule has 1 saturated carbocycles. The van der Waals surface area contributed by atoms with Crippen LogP contribution in [0, 0.1) is 5.92 Å². The van der Waals surface area contributed by atoms with Crippen LogP contribution in [-0.4, -0.2) is 33.9 Å². The summed E-state index contributed by atoms with van der Waals surface area (Å²) < 4.78 is 0. The average Bonchev–Trinajstić information content (AvgIpc) is 2.68. The van der Waals surface area contributed by atoms with Gasteiger partial charge in [-0.15, -0.1) is 0 Å². The van der Waals surface area contributed by atoms with Crippen LogP contribution in [0.2, 0.25) is 0 Å². The van der Waals surface area contributed by atoms with Gasteiger partial charge in [0.1, 0.15) is 0 Å². The van der Waals surface area contributed by atoms with Gasteiger partial charge >= 0.3 is 5.97 Å². The molecule has 5 heteroatoms. The highest BCUT2D eigenvalue weighted by atomic mass is 16.4. The minimum Gasteiger partial charge on any atom is -0.481 e. The smallest absolute Gasteiger partial charge is 0.303 e. The number of carbonyl (C=O) groups is 3. The molecule has 0 bridgehead atoms. The molecule has 0 radical (unpaired) electrons. The third-order valence-corrected chi connectivity index (χ3v) is 2.87. The minimum atomic E-state index is -1.10. The zero-order valence-electron chi connectivity index (χ0n) is 9.46. The Hall–Kier alpha value is -1.49. The second-order valence-corrected chi connectivity index (χ2v) is 4.20. The van der Waals surface area contributed by atoms with Gasteiger partial charge in [-0.1, -0.05) is 12.5 Å². The van der Waals surface area contributed by atoms with E-state index in [0.29, 0.717) is 0 Å². The third kappa shape index (κ3) is 4.48. The standard InChI is InChI=1S/C12H16O5/c13-9-3-1-2-8(9)4-5-10(14)11(15)6-7-12(16)17/h4-5,8-9,13H,1-3,6-7H2,(H,16,17)/b5-4-. The molecule has 1 aliphatic rings. The number of hydrogen-bond donors (Lipinski definition) is 2. The highest BCUT2D eigenvalue weighted by Gasteiger charge is 2.23. The molecule has 0 aromatic carbocycles. The maximum absolute atomic E-state index is 11.3. The number of Topliss-reactive ketones (excluding diaryl/α,β-unsaturated/α-hetero) is 1. The lowest BCUT2D eigenvalue weighted by atomic mass is 10.0. The van der Waals surface area contributed by atoms with Crippen molar-refractivity contribution in [3.8, 4) is 0 Å². The van der Waals surface area contributed by atoms with Crippen molar-refractivity contribution in [1.29, 1.82) is 0 Å². The van der Waals surface area contributed by atoms with Gasteiger partial charge in [-0.05, 0) is 18.9 Å². The van der Waals surface area contributed by atoms with Crippen LogP contribution in [-0.2, 0) is 14.4 Å². The second-order valence-electron chi connectivity index (χ2n) is 4.20. The zero-order valence-corrected chi connectivity index (χ0v) is 9.46. The average molecular weight is 240 g/mol. The van der Waals surface area contributed by atoms with Crippen LogP contribution in [0.15, 0.2) is 12.2 Å². The molecule has 1 aliphatic carbocycles.